The van der Waals surface area contributed by atoms with Crippen LogP contribution in [0.2, 0.25) is 20.4 Å². The molecule has 0 N–H and O–H groups in total. The van der Waals surface area contributed by atoms with Gasteiger partial charge in [-0.2, -0.15) is 0 Å². The van der Waals surface area contributed by atoms with Crippen LogP contribution >= 0.6 is 0 Å². The average molecular weight is 840 g/mol. The number of benzene rings is 4. The molecule has 256 valence electrons. The molecule has 4 aromatic carbocycles. The SMILES string of the molecule is CC(C)c1cccc(-c2cccc3c2C=C2[CH]3[Hf]([CH3])([CH3])[CH]3C(=Cc4c(-c5cccc(C(C)C)c5)cccc43)[Si]2(C2CCCC2)C2CCCC2)c1. The van der Waals surface area contributed by atoms with Gasteiger partial charge in [0.15, 0.2) is 0 Å². The summed E-state index contributed by atoms with van der Waals surface area (Å²) in [6.45, 7) is 9.34. The van der Waals surface area contributed by atoms with E-state index in [1.165, 1.54) is 84.7 Å². The fraction of sp³-hybridized carbons (Fsp3) is 0.417. The molecule has 0 radical (unpaired) electrons. The van der Waals surface area contributed by atoms with E-state index in [9.17, 15) is 0 Å². The van der Waals surface area contributed by atoms with Gasteiger partial charge in [-0.25, -0.2) is 0 Å². The van der Waals surface area contributed by atoms with Crippen molar-refractivity contribution >= 4 is 20.2 Å². The first kappa shape index (κ1) is 33.3. The molecule has 50 heavy (non-hydrogen) atoms. The van der Waals surface area contributed by atoms with E-state index >= 15 is 0 Å². The molecule has 0 bridgehead atoms. The van der Waals surface area contributed by atoms with Crippen molar-refractivity contribution in [3.63, 3.8) is 0 Å². The maximum atomic E-state index is 2.91. The van der Waals surface area contributed by atoms with Gasteiger partial charge in [0.2, 0.25) is 0 Å². The Morgan fingerprint density at radius 1 is 0.540 bits per heavy atom. The van der Waals surface area contributed by atoms with Gasteiger partial charge in [-0.3, -0.25) is 0 Å². The van der Waals surface area contributed by atoms with Crippen LogP contribution < -0.4 is 0 Å². The maximum absolute atomic E-state index is 3.17. The minimum absolute atomic E-state index is 0.539. The van der Waals surface area contributed by atoms with E-state index in [1.807, 2.05) is 10.4 Å². The van der Waals surface area contributed by atoms with Gasteiger partial charge in [0.25, 0.3) is 0 Å². The van der Waals surface area contributed by atoms with Crippen LogP contribution in [0.5, 0.6) is 0 Å². The Morgan fingerprint density at radius 2 is 0.940 bits per heavy atom. The van der Waals surface area contributed by atoms with Crippen LogP contribution in [0.25, 0.3) is 34.4 Å². The van der Waals surface area contributed by atoms with Gasteiger partial charge in [-0.05, 0) is 0 Å². The van der Waals surface area contributed by atoms with Crippen molar-refractivity contribution in [3.05, 3.63) is 129 Å². The van der Waals surface area contributed by atoms with Crippen LogP contribution in [-0.2, 0) is 20.0 Å². The summed E-state index contributed by atoms with van der Waals surface area (Å²) in [6, 6.07) is 34.0. The Hall–Kier alpha value is -2.55. The predicted molar refractivity (Wildman–Crippen MR) is 215 cm³/mol. The van der Waals surface area contributed by atoms with Gasteiger partial charge in [-0.15, -0.1) is 0 Å². The van der Waals surface area contributed by atoms with Crippen molar-refractivity contribution in [1.29, 1.82) is 0 Å². The molecule has 0 aromatic heterocycles. The summed E-state index contributed by atoms with van der Waals surface area (Å²) < 4.78 is 7.18. The second-order valence-corrected chi connectivity index (χ2v) is 39.7. The van der Waals surface area contributed by atoms with E-state index in [2.05, 4.69) is 134 Å². The van der Waals surface area contributed by atoms with E-state index in [-0.39, 0.29) is 0 Å². The molecule has 4 aliphatic carbocycles. The van der Waals surface area contributed by atoms with Crippen molar-refractivity contribution in [2.45, 2.75) is 119 Å². The summed E-state index contributed by atoms with van der Waals surface area (Å²) in [5.74, 6) is 1.08. The molecule has 1 aliphatic heterocycles. The molecular weight excluding hydrogens is 783 g/mol. The molecule has 0 amide bonds. The standard InChI is InChI=1S/C46H50Si.2CH3.Hf/c1-31(2)33-13-9-15-35(25-33)43-23-11-17-37-27-41(29-45(37)43)47(39-19-5-6-20-39,40-21-7-8-22-40)42-28-38-18-12-24-44(46(38)30-42)36-16-10-14-34(26-36)32(3)4;;;/h9-18,23-32,39-40H,5-8,19-22H2,1-4H3;2*1H3;. The average Bonchev–Trinajstić information content (AvgIpc) is 3.95. The predicted octanol–water partition coefficient (Wildman–Crippen LogP) is 14.5. The molecule has 5 aliphatic rings. The summed E-state index contributed by atoms with van der Waals surface area (Å²) >= 11 is -3.17. The summed E-state index contributed by atoms with van der Waals surface area (Å²) in [7, 11) is -2.09. The van der Waals surface area contributed by atoms with E-state index in [0.29, 0.717) is 19.2 Å². The normalized spacial score (nSPS) is 23.5. The van der Waals surface area contributed by atoms with Crippen molar-refractivity contribution in [2.24, 2.45) is 0 Å². The second kappa shape index (κ2) is 12.5. The first-order valence-electron chi connectivity index (χ1n) is 20.1. The van der Waals surface area contributed by atoms with E-state index < -0.39 is 28.0 Å². The monoisotopic (exact) mass is 840 g/mol. The molecule has 2 atom stereocenters. The van der Waals surface area contributed by atoms with E-state index in [0.717, 1.165) is 11.1 Å². The Balaban J connectivity index is 1.31. The molecule has 1 heterocycles. The molecule has 2 unspecified atom stereocenters. The van der Waals surface area contributed by atoms with Crippen molar-refractivity contribution < 1.29 is 20.0 Å². The topological polar surface area (TPSA) is 0 Å². The quantitative estimate of drug-likeness (QED) is 0.170. The molecule has 2 heteroatoms. The number of allylic oxidation sites excluding steroid dienone is 2. The minimum atomic E-state index is -3.17. The molecule has 4 aromatic rings. The molecule has 2 saturated carbocycles. The van der Waals surface area contributed by atoms with Crippen molar-refractivity contribution in [3.8, 4) is 22.3 Å². The molecule has 9 rings (SSSR count). The van der Waals surface area contributed by atoms with Crippen LogP contribution in [0.15, 0.2) is 95.3 Å². The first-order chi connectivity index (χ1) is 24.2. The zero-order chi connectivity index (χ0) is 34.4. The zero-order valence-electron chi connectivity index (χ0n) is 31.4. The molecule has 0 spiro atoms. The van der Waals surface area contributed by atoms with Gasteiger partial charge in [0.05, 0.1) is 0 Å². The Morgan fingerprint density at radius 3 is 1.34 bits per heavy atom. The Kier molecular flexibility index (Phi) is 8.35. The number of hydrogen-bond donors (Lipinski definition) is 0. The van der Waals surface area contributed by atoms with Gasteiger partial charge in [0.1, 0.15) is 0 Å². The second-order valence-electron chi connectivity index (χ2n) is 17.9. The Labute approximate surface area is 307 Å². The third-order valence-electron chi connectivity index (χ3n) is 14.3. The van der Waals surface area contributed by atoms with Crippen LogP contribution in [0, 0.1) is 0 Å². The molecule has 1 saturated heterocycles. The zero-order valence-corrected chi connectivity index (χ0v) is 36.0. The van der Waals surface area contributed by atoms with Crippen LogP contribution in [-0.4, -0.2) is 8.07 Å². The summed E-state index contributed by atoms with van der Waals surface area (Å²) in [4.78, 5) is 0. The first-order valence-corrected chi connectivity index (χ1v) is 33.6. The third-order valence-corrected chi connectivity index (χ3v) is 38.0. The third kappa shape index (κ3) is 4.89. The summed E-state index contributed by atoms with van der Waals surface area (Å²) in [5, 5.41) is 4.06. The van der Waals surface area contributed by atoms with Gasteiger partial charge >= 0.3 is 310 Å². The fourth-order valence-electron chi connectivity index (χ4n) is 12.1. The summed E-state index contributed by atoms with van der Waals surface area (Å²) in [5.41, 5.74) is 17.2. The number of fused-ring (bicyclic) bond motifs is 6. The van der Waals surface area contributed by atoms with Gasteiger partial charge in [0, 0.05) is 0 Å². The number of rotatable bonds is 6. The van der Waals surface area contributed by atoms with Crippen LogP contribution in [0.4, 0.5) is 0 Å². The summed E-state index contributed by atoms with van der Waals surface area (Å²) in [6.07, 6.45) is 17.4. The van der Waals surface area contributed by atoms with Gasteiger partial charge in [-0.1, -0.05) is 0 Å². The fourth-order valence-corrected chi connectivity index (χ4v) is 46.0. The van der Waals surface area contributed by atoms with Crippen molar-refractivity contribution in [1.82, 2.24) is 0 Å². The number of hydrogen-bond acceptors (Lipinski definition) is 0. The van der Waals surface area contributed by atoms with E-state index in [4.69, 9.17) is 0 Å². The molecule has 0 nitrogen and oxygen atoms in total. The van der Waals surface area contributed by atoms with E-state index in [1.54, 1.807) is 22.3 Å². The van der Waals surface area contributed by atoms with Gasteiger partial charge < -0.3 is 0 Å². The van der Waals surface area contributed by atoms with Crippen molar-refractivity contribution in [2.75, 3.05) is 0 Å². The van der Waals surface area contributed by atoms with Crippen LogP contribution in [0.3, 0.4) is 0 Å². The molecule has 3 fully saturated rings. The Bertz CT molecular complexity index is 1880. The molecular formula is C48H56HfSi. The van der Waals surface area contributed by atoms with Crippen LogP contribution in [0.1, 0.15) is 132 Å².